The number of carbonyl (C=O) groups is 1. The minimum absolute atomic E-state index is 0.228. The molecule has 1 aromatic rings. The second-order valence-electron chi connectivity index (χ2n) is 7.49. The largest absolute Gasteiger partial charge is 0.444 e. The predicted octanol–water partition coefficient (Wildman–Crippen LogP) is 4.82. The van der Waals surface area contributed by atoms with Gasteiger partial charge in [-0.3, -0.25) is 0 Å². The van der Waals surface area contributed by atoms with Crippen LogP contribution in [-0.4, -0.2) is 42.8 Å². The lowest BCUT2D eigenvalue weighted by molar-refractivity contribution is 0.0248. The number of likely N-dealkylation sites (N-methyl/N-ethyl adjacent to an activating group) is 1. The first kappa shape index (κ1) is 17.9. The van der Waals surface area contributed by atoms with Crippen LogP contribution in [0.15, 0.2) is 10.5 Å². The maximum atomic E-state index is 12.6. The van der Waals surface area contributed by atoms with E-state index >= 15 is 0 Å². The first-order valence-corrected chi connectivity index (χ1v) is 9.62. The molecule has 0 fully saturated rings. The third kappa shape index (κ3) is 3.25. The molecule has 1 atom stereocenters. The van der Waals surface area contributed by atoms with E-state index in [-0.39, 0.29) is 12.0 Å². The van der Waals surface area contributed by atoms with Gasteiger partial charge in [-0.2, -0.15) is 0 Å². The number of ether oxygens (including phenoxy) is 1. The Morgan fingerprint density at radius 1 is 1.42 bits per heavy atom. The van der Waals surface area contributed by atoms with Crippen molar-refractivity contribution in [2.24, 2.45) is 0 Å². The Bertz CT molecular complexity index is 672. The van der Waals surface area contributed by atoms with Crippen molar-refractivity contribution in [3.8, 4) is 0 Å². The van der Waals surface area contributed by atoms with Crippen molar-refractivity contribution in [1.29, 1.82) is 0 Å². The fourth-order valence-corrected chi connectivity index (χ4v) is 4.77. The fourth-order valence-electron chi connectivity index (χ4n) is 3.66. The topological polar surface area (TPSA) is 32.8 Å². The van der Waals surface area contributed by atoms with E-state index in [1.165, 1.54) is 11.1 Å². The van der Waals surface area contributed by atoms with Crippen LogP contribution < -0.4 is 4.90 Å². The molecule has 0 N–H and O–H groups in total. The summed E-state index contributed by atoms with van der Waals surface area (Å²) in [4.78, 5) is 16.7. The van der Waals surface area contributed by atoms with Crippen molar-refractivity contribution >= 4 is 39.3 Å². The van der Waals surface area contributed by atoms with E-state index in [9.17, 15) is 4.79 Å². The van der Waals surface area contributed by atoms with Crippen LogP contribution in [0.3, 0.4) is 0 Å². The molecular formula is C18H24BrClN2O2. The summed E-state index contributed by atoms with van der Waals surface area (Å²) in [5.74, 6) is 0.278. The van der Waals surface area contributed by atoms with E-state index in [0.29, 0.717) is 13.1 Å². The lowest BCUT2D eigenvalue weighted by Gasteiger charge is -2.28. The number of hydrogen-bond acceptors (Lipinski definition) is 3. The van der Waals surface area contributed by atoms with Crippen molar-refractivity contribution < 1.29 is 9.53 Å². The molecule has 2 aliphatic rings. The van der Waals surface area contributed by atoms with E-state index in [2.05, 4.69) is 27.8 Å². The molecule has 4 nitrogen and oxygen atoms in total. The van der Waals surface area contributed by atoms with Crippen LogP contribution in [0.25, 0.3) is 0 Å². The first-order valence-electron chi connectivity index (χ1n) is 8.45. The molecule has 24 heavy (non-hydrogen) atoms. The normalized spacial score (nSPS) is 20.0. The second-order valence-corrected chi connectivity index (χ2v) is 8.75. The number of carbonyl (C=O) groups excluding carboxylic acids is 1. The van der Waals surface area contributed by atoms with Gasteiger partial charge in [0.2, 0.25) is 0 Å². The number of amides is 1. The summed E-state index contributed by atoms with van der Waals surface area (Å²) < 4.78 is 6.63. The van der Waals surface area contributed by atoms with Gasteiger partial charge in [-0.15, -0.1) is 0 Å². The first-order chi connectivity index (χ1) is 11.2. The highest BCUT2D eigenvalue weighted by Gasteiger charge is 2.38. The summed E-state index contributed by atoms with van der Waals surface area (Å²) in [5.41, 5.74) is 3.26. The molecule has 0 bridgehead atoms. The third-order valence-corrected chi connectivity index (χ3v) is 5.62. The maximum absolute atomic E-state index is 12.6. The summed E-state index contributed by atoms with van der Waals surface area (Å²) in [6, 6.07) is 1.99. The van der Waals surface area contributed by atoms with Gasteiger partial charge in [0.25, 0.3) is 0 Å². The summed E-state index contributed by atoms with van der Waals surface area (Å²) in [6.45, 7) is 11.0. The number of hydrogen-bond donors (Lipinski definition) is 0. The van der Waals surface area contributed by atoms with Crippen molar-refractivity contribution in [3.05, 3.63) is 26.7 Å². The highest BCUT2D eigenvalue weighted by molar-refractivity contribution is 9.10. The van der Waals surface area contributed by atoms with Gasteiger partial charge in [0.05, 0.1) is 10.7 Å². The van der Waals surface area contributed by atoms with Gasteiger partial charge in [0.15, 0.2) is 0 Å². The molecule has 132 valence electrons. The molecule has 0 saturated carbocycles. The van der Waals surface area contributed by atoms with E-state index in [1.807, 2.05) is 31.7 Å². The number of anilines is 1. The Morgan fingerprint density at radius 3 is 2.75 bits per heavy atom. The minimum Gasteiger partial charge on any atom is -0.444 e. The summed E-state index contributed by atoms with van der Waals surface area (Å²) in [6.07, 6.45) is 0.585. The average Bonchev–Trinajstić information content (AvgIpc) is 2.71. The standard InChI is InChI=1S/C18H24BrClN2O2/c1-5-21-9-11-10-22(17(23)24-18(2,3)4)7-6-12-13(19)8-14(20)16(21)15(11)12/h8,11H,5-7,9-10H2,1-4H3/t11-/m1/s1. The van der Waals surface area contributed by atoms with E-state index in [0.717, 1.165) is 34.7 Å². The van der Waals surface area contributed by atoms with Gasteiger partial charge in [-0.1, -0.05) is 27.5 Å². The van der Waals surface area contributed by atoms with Crippen molar-refractivity contribution in [3.63, 3.8) is 0 Å². The van der Waals surface area contributed by atoms with E-state index in [1.54, 1.807) is 0 Å². The molecule has 6 heteroatoms. The van der Waals surface area contributed by atoms with Crippen molar-refractivity contribution in [2.45, 2.75) is 45.6 Å². The average molecular weight is 416 g/mol. The molecule has 1 aromatic carbocycles. The molecule has 0 aromatic heterocycles. The zero-order chi connectivity index (χ0) is 17.6. The Kier molecular flexibility index (Phi) is 4.77. The summed E-state index contributed by atoms with van der Waals surface area (Å²) >= 11 is 10.2. The second kappa shape index (κ2) is 6.41. The zero-order valence-corrected chi connectivity index (χ0v) is 17.0. The smallest absolute Gasteiger partial charge is 0.410 e. The third-order valence-electron chi connectivity index (χ3n) is 4.62. The van der Waals surface area contributed by atoms with E-state index < -0.39 is 5.60 Å². The molecule has 0 spiro atoms. The quantitative estimate of drug-likeness (QED) is 0.659. The van der Waals surface area contributed by atoms with Crippen molar-refractivity contribution in [2.75, 3.05) is 31.1 Å². The Morgan fingerprint density at radius 2 is 2.12 bits per heavy atom. The Hall–Kier alpha value is -0.940. The van der Waals surface area contributed by atoms with Crippen molar-refractivity contribution in [1.82, 2.24) is 4.90 Å². The monoisotopic (exact) mass is 414 g/mol. The van der Waals surface area contributed by atoms with Gasteiger partial charge in [-0.05, 0) is 51.3 Å². The predicted molar refractivity (Wildman–Crippen MR) is 101 cm³/mol. The van der Waals surface area contributed by atoms with E-state index in [4.69, 9.17) is 16.3 Å². The molecule has 0 unspecified atom stereocenters. The molecule has 3 rings (SSSR count). The molecule has 0 radical (unpaired) electrons. The van der Waals surface area contributed by atoms with Crippen LogP contribution in [-0.2, 0) is 11.2 Å². The van der Waals surface area contributed by atoms with Gasteiger partial charge in [0.1, 0.15) is 5.60 Å². The minimum atomic E-state index is -0.476. The highest BCUT2D eigenvalue weighted by Crippen LogP contribution is 2.47. The molecule has 1 amide bonds. The molecule has 0 aliphatic carbocycles. The molecule has 0 saturated heterocycles. The molecular weight excluding hydrogens is 392 g/mol. The van der Waals surface area contributed by atoms with Gasteiger partial charge >= 0.3 is 6.09 Å². The Balaban J connectivity index is 1.94. The summed E-state index contributed by atoms with van der Waals surface area (Å²) in [7, 11) is 0. The number of halogens is 2. The van der Waals surface area contributed by atoms with Crippen LogP contribution in [0, 0.1) is 0 Å². The van der Waals surface area contributed by atoms with Crippen LogP contribution in [0.1, 0.15) is 44.7 Å². The van der Waals surface area contributed by atoms with Crippen LogP contribution in [0.2, 0.25) is 5.02 Å². The lowest BCUT2D eigenvalue weighted by atomic mass is 9.95. The summed E-state index contributed by atoms with van der Waals surface area (Å²) in [5, 5.41) is 0.788. The van der Waals surface area contributed by atoms with Crippen LogP contribution in [0.4, 0.5) is 10.5 Å². The SMILES string of the molecule is CCN1C[C@@H]2CN(C(=O)OC(C)(C)C)CCc3c(Br)cc(Cl)c1c32. The maximum Gasteiger partial charge on any atom is 0.410 e. The zero-order valence-electron chi connectivity index (χ0n) is 14.7. The number of benzene rings is 1. The van der Waals surface area contributed by atoms with Crippen LogP contribution in [0.5, 0.6) is 0 Å². The number of rotatable bonds is 1. The van der Waals surface area contributed by atoms with Gasteiger partial charge < -0.3 is 14.5 Å². The van der Waals surface area contributed by atoms with Crippen LogP contribution >= 0.6 is 27.5 Å². The molecule has 2 heterocycles. The molecule has 2 aliphatic heterocycles. The fraction of sp³-hybridized carbons (Fsp3) is 0.611. The Labute approximate surface area is 157 Å². The van der Waals surface area contributed by atoms with Gasteiger partial charge in [0, 0.05) is 36.6 Å². The lowest BCUT2D eigenvalue weighted by Crippen LogP contribution is -2.40. The van der Waals surface area contributed by atoms with Gasteiger partial charge in [-0.25, -0.2) is 4.79 Å². The number of nitrogens with zero attached hydrogens (tertiary/aromatic N) is 2. The highest BCUT2D eigenvalue weighted by atomic mass is 79.9.